The monoisotopic (exact) mass is 353 g/mol. The molecule has 25 heavy (non-hydrogen) atoms. The number of carbonyl (C=O) groups is 1. The summed E-state index contributed by atoms with van der Waals surface area (Å²) in [6, 6.07) is 13.7. The number of pyridine rings is 1. The Labute approximate surface area is 150 Å². The maximum absolute atomic E-state index is 11.9. The van der Waals surface area contributed by atoms with E-state index in [1.165, 1.54) is 11.8 Å². The zero-order valence-electron chi connectivity index (χ0n) is 13.9. The standard InChI is InChI=1S/C18H19N5OS/c1-23-17(15-7-3-2-4-8-15)21-22-18(23)25-11-9-16(24)20-13-14-6-5-10-19-12-14/h2-8,10,12H,9,11,13H2,1H3,(H,20,24). The molecule has 1 amide bonds. The second kappa shape index (κ2) is 8.43. The van der Waals surface area contributed by atoms with Crippen LogP contribution in [0.15, 0.2) is 60.0 Å². The average Bonchev–Trinajstić information content (AvgIpc) is 3.02. The molecule has 0 aliphatic heterocycles. The van der Waals surface area contributed by atoms with Crippen LogP contribution in [-0.2, 0) is 18.4 Å². The lowest BCUT2D eigenvalue weighted by Crippen LogP contribution is -2.23. The molecule has 2 aromatic heterocycles. The Bertz CT molecular complexity index is 820. The second-order valence-corrected chi connectivity index (χ2v) is 6.53. The normalized spacial score (nSPS) is 10.6. The number of carbonyl (C=O) groups excluding carboxylic acids is 1. The van der Waals surface area contributed by atoms with Crippen molar-refractivity contribution in [2.45, 2.75) is 18.1 Å². The van der Waals surface area contributed by atoms with Gasteiger partial charge in [0.1, 0.15) is 0 Å². The lowest BCUT2D eigenvalue weighted by molar-refractivity contribution is -0.120. The van der Waals surface area contributed by atoms with Gasteiger partial charge in [0.15, 0.2) is 11.0 Å². The Kier molecular flexibility index (Phi) is 5.79. The van der Waals surface area contributed by atoms with Crippen LogP contribution < -0.4 is 5.32 Å². The topological polar surface area (TPSA) is 72.7 Å². The Hall–Kier alpha value is -2.67. The Morgan fingerprint density at radius 1 is 1.16 bits per heavy atom. The van der Waals surface area contributed by atoms with Crippen molar-refractivity contribution >= 4 is 17.7 Å². The van der Waals surface area contributed by atoms with Crippen molar-refractivity contribution < 1.29 is 4.79 Å². The Morgan fingerprint density at radius 3 is 2.76 bits per heavy atom. The zero-order valence-corrected chi connectivity index (χ0v) is 14.7. The fraction of sp³-hybridized carbons (Fsp3) is 0.222. The first kappa shape index (κ1) is 17.2. The van der Waals surface area contributed by atoms with E-state index < -0.39 is 0 Å². The summed E-state index contributed by atoms with van der Waals surface area (Å²) in [6.07, 6.45) is 3.89. The highest BCUT2D eigenvalue weighted by atomic mass is 32.2. The molecule has 0 spiro atoms. The van der Waals surface area contributed by atoms with Crippen LogP contribution in [0.1, 0.15) is 12.0 Å². The Morgan fingerprint density at radius 2 is 2.00 bits per heavy atom. The number of rotatable bonds is 7. The third kappa shape index (κ3) is 4.67. The molecular formula is C18H19N5OS. The van der Waals surface area contributed by atoms with Crippen molar-refractivity contribution in [3.05, 3.63) is 60.4 Å². The van der Waals surface area contributed by atoms with Crippen LogP contribution in [0.3, 0.4) is 0 Å². The van der Waals surface area contributed by atoms with Gasteiger partial charge in [-0.15, -0.1) is 10.2 Å². The lowest BCUT2D eigenvalue weighted by Gasteiger charge is -2.05. The van der Waals surface area contributed by atoms with E-state index in [4.69, 9.17) is 0 Å². The van der Waals surface area contributed by atoms with Crippen LogP contribution in [0.4, 0.5) is 0 Å². The molecule has 0 saturated heterocycles. The smallest absolute Gasteiger partial charge is 0.221 e. The fourth-order valence-electron chi connectivity index (χ4n) is 2.31. The van der Waals surface area contributed by atoms with E-state index in [-0.39, 0.29) is 5.91 Å². The van der Waals surface area contributed by atoms with E-state index in [2.05, 4.69) is 20.5 Å². The third-order valence-electron chi connectivity index (χ3n) is 3.64. The van der Waals surface area contributed by atoms with Gasteiger partial charge in [0.25, 0.3) is 0 Å². The molecule has 0 aliphatic rings. The molecule has 128 valence electrons. The summed E-state index contributed by atoms with van der Waals surface area (Å²) in [4.78, 5) is 16.0. The van der Waals surface area contributed by atoms with Crippen LogP contribution in [0.5, 0.6) is 0 Å². The molecule has 0 saturated carbocycles. The summed E-state index contributed by atoms with van der Waals surface area (Å²) in [5.74, 6) is 1.49. The van der Waals surface area contributed by atoms with E-state index in [1.807, 2.05) is 54.1 Å². The highest BCUT2D eigenvalue weighted by molar-refractivity contribution is 7.99. The average molecular weight is 353 g/mol. The van der Waals surface area contributed by atoms with Crippen molar-refractivity contribution in [2.24, 2.45) is 7.05 Å². The highest BCUT2D eigenvalue weighted by Crippen LogP contribution is 2.22. The molecule has 0 unspecified atom stereocenters. The van der Waals surface area contributed by atoms with Gasteiger partial charge < -0.3 is 9.88 Å². The molecule has 1 aromatic carbocycles. The second-order valence-electron chi connectivity index (χ2n) is 5.47. The molecule has 3 aromatic rings. The summed E-state index contributed by atoms with van der Waals surface area (Å²) in [6.45, 7) is 0.499. The summed E-state index contributed by atoms with van der Waals surface area (Å²) < 4.78 is 1.95. The van der Waals surface area contributed by atoms with Crippen LogP contribution in [0.25, 0.3) is 11.4 Å². The molecule has 0 bridgehead atoms. The number of aromatic nitrogens is 4. The fourth-order valence-corrected chi connectivity index (χ4v) is 3.15. The molecule has 1 N–H and O–H groups in total. The van der Waals surface area contributed by atoms with Gasteiger partial charge in [0.05, 0.1) is 0 Å². The third-order valence-corrected chi connectivity index (χ3v) is 4.66. The van der Waals surface area contributed by atoms with Gasteiger partial charge in [-0.1, -0.05) is 48.2 Å². The molecule has 0 radical (unpaired) electrons. The molecule has 7 heteroatoms. The van der Waals surface area contributed by atoms with Crippen molar-refractivity contribution in [1.29, 1.82) is 0 Å². The van der Waals surface area contributed by atoms with E-state index >= 15 is 0 Å². The summed E-state index contributed by atoms with van der Waals surface area (Å²) in [5, 5.41) is 12.2. The number of amides is 1. The first-order valence-corrected chi connectivity index (χ1v) is 8.96. The molecule has 2 heterocycles. The maximum atomic E-state index is 11.9. The van der Waals surface area contributed by atoms with Crippen LogP contribution in [0.2, 0.25) is 0 Å². The molecule has 3 rings (SSSR count). The first-order valence-electron chi connectivity index (χ1n) is 7.97. The largest absolute Gasteiger partial charge is 0.352 e. The summed E-state index contributed by atoms with van der Waals surface area (Å²) in [7, 11) is 1.94. The number of thioether (sulfide) groups is 1. The lowest BCUT2D eigenvalue weighted by atomic mass is 10.2. The Balaban J connectivity index is 1.48. The molecular weight excluding hydrogens is 334 g/mol. The van der Waals surface area contributed by atoms with Gasteiger partial charge in [-0.3, -0.25) is 9.78 Å². The maximum Gasteiger partial charge on any atom is 0.221 e. The highest BCUT2D eigenvalue weighted by Gasteiger charge is 2.11. The predicted molar refractivity (Wildman–Crippen MR) is 97.9 cm³/mol. The van der Waals surface area contributed by atoms with Gasteiger partial charge in [-0.2, -0.15) is 0 Å². The van der Waals surface area contributed by atoms with E-state index in [0.29, 0.717) is 18.7 Å². The van der Waals surface area contributed by atoms with Gasteiger partial charge in [0, 0.05) is 43.7 Å². The summed E-state index contributed by atoms with van der Waals surface area (Å²) in [5.41, 5.74) is 2.02. The number of benzene rings is 1. The number of nitrogens with zero attached hydrogens (tertiary/aromatic N) is 4. The van der Waals surface area contributed by atoms with E-state index in [0.717, 1.165) is 22.1 Å². The van der Waals surface area contributed by atoms with E-state index in [1.54, 1.807) is 12.4 Å². The predicted octanol–water partition coefficient (Wildman–Crippen LogP) is 2.68. The van der Waals surface area contributed by atoms with Crippen molar-refractivity contribution in [2.75, 3.05) is 5.75 Å². The van der Waals surface area contributed by atoms with E-state index in [9.17, 15) is 4.79 Å². The van der Waals surface area contributed by atoms with Gasteiger partial charge in [0.2, 0.25) is 5.91 Å². The van der Waals surface area contributed by atoms with Gasteiger partial charge in [-0.05, 0) is 11.6 Å². The van der Waals surface area contributed by atoms with Crippen LogP contribution in [-0.4, -0.2) is 31.4 Å². The molecule has 6 nitrogen and oxygen atoms in total. The van der Waals surface area contributed by atoms with Crippen molar-refractivity contribution in [3.8, 4) is 11.4 Å². The summed E-state index contributed by atoms with van der Waals surface area (Å²) >= 11 is 1.53. The van der Waals surface area contributed by atoms with Crippen LogP contribution >= 0.6 is 11.8 Å². The first-order chi connectivity index (χ1) is 12.2. The van der Waals surface area contributed by atoms with Crippen molar-refractivity contribution in [1.82, 2.24) is 25.1 Å². The number of hydrogen-bond donors (Lipinski definition) is 1. The quantitative estimate of drug-likeness (QED) is 0.661. The van der Waals surface area contributed by atoms with Gasteiger partial charge >= 0.3 is 0 Å². The molecule has 0 aliphatic carbocycles. The van der Waals surface area contributed by atoms with Gasteiger partial charge in [-0.25, -0.2) is 0 Å². The molecule has 0 atom stereocenters. The minimum atomic E-state index is 0.0156. The minimum Gasteiger partial charge on any atom is -0.352 e. The zero-order chi connectivity index (χ0) is 17.5. The minimum absolute atomic E-state index is 0.0156. The van der Waals surface area contributed by atoms with Crippen LogP contribution in [0, 0.1) is 0 Å². The SMILES string of the molecule is Cn1c(SCCC(=O)NCc2cccnc2)nnc1-c1ccccc1. The molecule has 0 fully saturated rings. The number of hydrogen-bond acceptors (Lipinski definition) is 5. The number of nitrogens with one attached hydrogen (secondary N) is 1. The van der Waals surface area contributed by atoms with Crippen molar-refractivity contribution in [3.63, 3.8) is 0 Å².